The molecule has 0 aliphatic carbocycles. The lowest BCUT2D eigenvalue weighted by Crippen LogP contribution is -2.35. The average Bonchev–Trinajstić information content (AvgIpc) is 2.60. The molecule has 0 aliphatic rings. The first-order chi connectivity index (χ1) is 7.78. The number of alkyl halides is 2. The fourth-order valence-corrected chi connectivity index (χ4v) is 1.10. The van der Waals surface area contributed by atoms with E-state index in [0.717, 1.165) is 0 Å². The minimum absolute atomic E-state index is 0.0660. The van der Waals surface area contributed by atoms with Crippen molar-refractivity contribution in [2.75, 3.05) is 18.5 Å². The maximum absolute atomic E-state index is 12.1. The molecule has 7 heteroatoms. The molecule has 0 spiro atoms. The molecule has 0 bridgehead atoms. The van der Waals surface area contributed by atoms with E-state index in [9.17, 15) is 8.78 Å². The maximum atomic E-state index is 12.1. The Morgan fingerprint density at radius 2 is 2.00 bits per heavy atom. The van der Waals surface area contributed by atoms with E-state index in [-0.39, 0.29) is 11.6 Å². The highest BCUT2D eigenvalue weighted by Gasteiger charge is 2.16. The lowest BCUT2D eigenvalue weighted by molar-refractivity contribution is 0.155. The zero-order valence-electron chi connectivity index (χ0n) is 10.5. The van der Waals surface area contributed by atoms with Crippen LogP contribution in [0.15, 0.2) is 4.42 Å². The standard InChI is InChI=1S/C10H18F2N4O/c1-10(2,3)13-5-8-14-15-9(17-8)16(4)6-7(11)12/h7,13H,5-6H2,1-4H3. The van der Waals surface area contributed by atoms with Gasteiger partial charge in [-0.05, 0) is 20.8 Å². The molecule has 0 radical (unpaired) electrons. The zero-order valence-corrected chi connectivity index (χ0v) is 10.5. The fraction of sp³-hybridized carbons (Fsp3) is 0.800. The van der Waals surface area contributed by atoms with Crippen LogP contribution in [-0.4, -0.2) is 35.8 Å². The summed E-state index contributed by atoms with van der Waals surface area (Å²) in [5.41, 5.74) is -0.0660. The molecule has 1 heterocycles. The molecule has 0 aromatic carbocycles. The van der Waals surface area contributed by atoms with Gasteiger partial charge in [-0.2, -0.15) is 0 Å². The van der Waals surface area contributed by atoms with E-state index in [1.165, 1.54) is 11.9 Å². The largest absolute Gasteiger partial charge is 0.407 e. The third-order valence-corrected chi connectivity index (χ3v) is 1.96. The quantitative estimate of drug-likeness (QED) is 0.858. The Balaban J connectivity index is 2.53. The molecule has 1 aromatic rings. The molecule has 0 atom stereocenters. The molecular weight excluding hydrogens is 230 g/mol. The molecule has 0 saturated heterocycles. The minimum Gasteiger partial charge on any atom is -0.407 e. The molecule has 0 amide bonds. The molecule has 17 heavy (non-hydrogen) atoms. The molecular formula is C10H18F2N4O. The summed E-state index contributed by atoms with van der Waals surface area (Å²) < 4.78 is 29.5. The first-order valence-corrected chi connectivity index (χ1v) is 5.34. The Morgan fingerprint density at radius 1 is 1.35 bits per heavy atom. The number of anilines is 1. The second-order valence-corrected chi connectivity index (χ2v) is 4.85. The topological polar surface area (TPSA) is 54.2 Å². The monoisotopic (exact) mass is 248 g/mol. The van der Waals surface area contributed by atoms with Crippen LogP contribution < -0.4 is 10.2 Å². The molecule has 0 fully saturated rings. The highest BCUT2D eigenvalue weighted by Crippen LogP contribution is 2.12. The third kappa shape index (κ3) is 5.08. The van der Waals surface area contributed by atoms with Crippen LogP contribution in [0.2, 0.25) is 0 Å². The second-order valence-electron chi connectivity index (χ2n) is 4.85. The predicted octanol–water partition coefficient (Wildman–Crippen LogP) is 1.66. The van der Waals surface area contributed by atoms with Crippen molar-refractivity contribution in [3.8, 4) is 0 Å². The minimum atomic E-state index is -2.43. The number of nitrogens with one attached hydrogen (secondary N) is 1. The van der Waals surface area contributed by atoms with E-state index in [4.69, 9.17) is 4.42 Å². The van der Waals surface area contributed by atoms with Crippen LogP contribution >= 0.6 is 0 Å². The maximum Gasteiger partial charge on any atom is 0.318 e. The first-order valence-electron chi connectivity index (χ1n) is 5.34. The van der Waals surface area contributed by atoms with Gasteiger partial charge in [-0.3, -0.25) is 0 Å². The molecule has 0 aliphatic heterocycles. The van der Waals surface area contributed by atoms with Crippen LogP contribution in [0.1, 0.15) is 26.7 Å². The van der Waals surface area contributed by atoms with Gasteiger partial charge in [0, 0.05) is 12.6 Å². The van der Waals surface area contributed by atoms with Crippen molar-refractivity contribution in [1.82, 2.24) is 15.5 Å². The smallest absolute Gasteiger partial charge is 0.318 e. The lowest BCUT2D eigenvalue weighted by Gasteiger charge is -2.18. The van der Waals surface area contributed by atoms with Gasteiger partial charge in [-0.25, -0.2) is 8.78 Å². The summed E-state index contributed by atoms with van der Waals surface area (Å²) in [6.45, 7) is 6.01. The van der Waals surface area contributed by atoms with Crippen molar-refractivity contribution >= 4 is 6.01 Å². The summed E-state index contributed by atoms with van der Waals surface area (Å²) in [7, 11) is 1.49. The Labute approximate surface area is 99.2 Å². The van der Waals surface area contributed by atoms with Gasteiger partial charge < -0.3 is 14.6 Å². The Hall–Kier alpha value is -1.24. The SMILES string of the molecule is CN(CC(F)F)c1nnc(CNC(C)(C)C)o1. The van der Waals surface area contributed by atoms with Gasteiger partial charge in [0.25, 0.3) is 6.43 Å². The second kappa shape index (κ2) is 5.39. The third-order valence-electron chi connectivity index (χ3n) is 1.96. The molecule has 5 nitrogen and oxygen atoms in total. The number of halogens is 2. The number of hydrogen-bond donors (Lipinski definition) is 1. The lowest BCUT2D eigenvalue weighted by atomic mass is 10.1. The number of hydrogen-bond acceptors (Lipinski definition) is 5. The summed E-state index contributed by atoms with van der Waals surface area (Å²) in [4.78, 5) is 1.23. The van der Waals surface area contributed by atoms with Crippen molar-refractivity contribution in [3.63, 3.8) is 0 Å². The van der Waals surface area contributed by atoms with Crippen molar-refractivity contribution in [1.29, 1.82) is 0 Å². The van der Waals surface area contributed by atoms with Crippen molar-refractivity contribution < 1.29 is 13.2 Å². The van der Waals surface area contributed by atoms with Gasteiger partial charge in [-0.1, -0.05) is 5.10 Å². The van der Waals surface area contributed by atoms with Gasteiger partial charge >= 0.3 is 6.01 Å². The van der Waals surface area contributed by atoms with Crippen molar-refractivity contribution in [2.45, 2.75) is 39.3 Å². The van der Waals surface area contributed by atoms with Crippen LogP contribution in [-0.2, 0) is 6.54 Å². The van der Waals surface area contributed by atoms with Gasteiger partial charge in [0.05, 0.1) is 13.1 Å². The van der Waals surface area contributed by atoms with E-state index in [2.05, 4.69) is 15.5 Å². The van der Waals surface area contributed by atoms with Crippen molar-refractivity contribution in [3.05, 3.63) is 5.89 Å². The summed E-state index contributed by atoms with van der Waals surface area (Å²) in [6.07, 6.45) is -2.43. The molecule has 98 valence electrons. The summed E-state index contributed by atoms with van der Waals surface area (Å²) in [6, 6.07) is 0.107. The Kier molecular flexibility index (Phi) is 4.39. The zero-order chi connectivity index (χ0) is 13.1. The van der Waals surface area contributed by atoms with E-state index >= 15 is 0 Å². The summed E-state index contributed by atoms with van der Waals surface area (Å²) in [5.74, 6) is 0.385. The Morgan fingerprint density at radius 3 is 2.53 bits per heavy atom. The normalized spacial score (nSPS) is 12.2. The van der Waals surface area contributed by atoms with E-state index < -0.39 is 13.0 Å². The first kappa shape index (κ1) is 13.8. The average molecular weight is 248 g/mol. The highest BCUT2D eigenvalue weighted by molar-refractivity contribution is 5.21. The summed E-state index contributed by atoms with van der Waals surface area (Å²) >= 11 is 0. The van der Waals surface area contributed by atoms with Crippen molar-refractivity contribution in [2.24, 2.45) is 0 Å². The molecule has 1 N–H and O–H groups in total. The van der Waals surface area contributed by atoms with E-state index in [0.29, 0.717) is 12.4 Å². The van der Waals surface area contributed by atoms with Gasteiger partial charge in [-0.15, -0.1) is 5.10 Å². The molecule has 1 aromatic heterocycles. The number of nitrogens with zero attached hydrogens (tertiary/aromatic N) is 3. The fourth-order valence-electron chi connectivity index (χ4n) is 1.10. The number of aromatic nitrogens is 2. The van der Waals surface area contributed by atoms with E-state index in [1.807, 2.05) is 20.8 Å². The molecule has 0 unspecified atom stereocenters. The van der Waals surface area contributed by atoms with Crippen LogP contribution in [0.4, 0.5) is 14.8 Å². The van der Waals surface area contributed by atoms with Crippen LogP contribution in [0.5, 0.6) is 0 Å². The van der Waals surface area contributed by atoms with Gasteiger partial charge in [0.2, 0.25) is 5.89 Å². The highest BCUT2D eigenvalue weighted by atomic mass is 19.3. The predicted molar refractivity (Wildman–Crippen MR) is 60.2 cm³/mol. The molecule has 1 rings (SSSR count). The molecule has 0 saturated carbocycles. The summed E-state index contributed by atoms with van der Waals surface area (Å²) in [5, 5.41) is 10.7. The Bertz CT molecular complexity index is 348. The number of rotatable bonds is 5. The van der Waals surface area contributed by atoms with Crippen LogP contribution in [0, 0.1) is 0 Å². The van der Waals surface area contributed by atoms with Gasteiger partial charge in [0.1, 0.15) is 0 Å². The van der Waals surface area contributed by atoms with Crippen LogP contribution in [0.25, 0.3) is 0 Å². The van der Waals surface area contributed by atoms with Gasteiger partial charge in [0.15, 0.2) is 0 Å². The van der Waals surface area contributed by atoms with E-state index in [1.54, 1.807) is 0 Å². The van der Waals surface area contributed by atoms with Crippen LogP contribution in [0.3, 0.4) is 0 Å².